The van der Waals surface area contributed by atoms with Crippen LogP contribution in [0.25, 0.3) is 10.8 Å². The van der Waals surface area contributed by atoms with Crippen molar-refractivity contribution in [3.8, 4) is 5.75 Å². The van der Waals surface area contributed by atoms with Crippen molar-refractivity contribution in [2.24, 2.45) is 5.92 Å². The third kappa shape index (κ3) is 2.57. The zero-order chi connectivity index (χ0) is 14.8. The van der Waals surface area contributed by atoms with Crippen LogP contribution in [0.3, 0.4) is 0 Å². The van der Waals surface area contributed by atoms with Crippen LogP contribution in [-0.2, 0) is 0 Å². The first kappa shape index (κ1) is 13.3. The number of nitrogens with zero attached hydrogens (tertiary/aromatic N) is 1. The first-order chi connectivity index (χ1) is 10.9. The van der Waals surface area contributed by atoms with E-state index < -0.39 is 0 Å². The van der Waals surface area contributed by atoms with E-state index in [2.05, 4.69) is 34.6 Å². The number of ether oxygens (including phenoxy) is 1. The Hall–Kier alpha value is -2.33. The number of aromatic nitrogens is 1. The second kappa shape index (κ2) is 5.81. The largest absolute Gasteiger partial charge is 0.480 e. The first-order valence-electron chi connectivity index (χ1n) is 7.66. The molecule has 1 N–H and O–H groups in total. The van der Waals surface area contributed by atoms with E-state index in [-0.39, 0.29) is 6.10 Å². The smallest absolute Gasteiger partial charge is 0.235 e. The van der Waals surface area contributed by atoms with Crippen molar-refractivity contribution in [2.75, 3.05) is 13.1 Å². The molecule has 2 aromatic carbocycles. The number of oxazole rings is 1. The van der Waals surface area contributed by atoms with E-state index in [0.717, 1.165) is 25.3 Å². The second-order valence-electron chi connectivity index (χ2n) is 5.67. The predicted molar refractivity (Wildman–Crippen MR) is 84.8 cm³/mol. The fourth-order valence-electron chi connectivity index (χ4n) is 3.05. The molecule has 1 saturated heterocycles. The topological polar surface area (TPSA) is 47.3 Å². The summed E-state index contributed by atoms with van der Waals surface area (Å²) in [4.78, 5) is 4.30. The zero-order valence-electron chi connectivity index (χ0n) is 12.2. The van der Waals surface area contributed by atoms with E-state index in [0.29, 0.717) is 11.8 Å². The zero-order valence-corrected chi connectivity index (χ0v) is 12.2. The van der Waals surface area contributed by atoms with Gasteiger partial charge in [0.15, 0.2) is 6.10 Å². The van der Waals surface area contributed by atoms with E-state index in [1.54, 1.807) is 12.5 Å². The van der Waals surface area contributed by atoms with Crippen LogP contribution in [0.4, 0.5) is 0 Å². The maximum Gasteiger partial charge on any atom is 0.235 e. The molecule has 112 valence electrons. The summed E-state index contributed by atoms with van der Waals surface area (Å²) in [5.74, 6) is 1.89. The Bertz CT molecular complexity index is 749. The SMILES string of the molecule is c1ccc2cc(O[C@H](c3ncco3)[C@@H]3CCNC3)ccc2c1. The van der Waals surface area contributed by atoms with E-state index >= 15 is 0 Å². The molecule has 0 saturated carbocycles. The van der Waals surface area contributed by atoms with Crippen LogP contribution in [0.15, 0.2) is 59.3 Å². The summed E-state index contributed by atoms with van der Waals surface area (Å²) in [6.07, 6.45) is 4.20. The minimum Gasteiger partial charge on any atom is -0.480 e. The van der Waals surface area contributed by atoms with Gasteiger partial charge in [-0.05, 0) is 35.9 Å². The highest BCUT2D eigenvalue weighted by Gasteiger charge is 2.31. The molecule has 2 heterocycles. The molecule has 3 aromatic rings. The quantitative estimate of drug-likeness (QED) is 0.799. The Morgan fingerprint density at radius 3 is 2.86 bits per heavy atom. The van der Waals surface area contributed by atoms with Crippen LogP contribution in [0.2, 0.25) is 0 Å². The van der Waals surface area contributed by atoms with Crippen molar-refractivity contribution in [1.82, 2.24) is 10.3 Å². The minimum atomic E-state index is -0.147. The van der Waals surface area contributed by atoms with Crippen molar-refractivity contribution in [1.29, 1.82) is 0 Å². The van der Waals surface area contributed by atoms with Crippen LogP contribution in [0.1, 0.15) is 18.4 Å². The van der Waals surface area contributed by atoms with E-state index in [4.69, 9.17) is 9.15 Å². The van der Waals surface area contributed by atoms with Gasteiger partial charge in [0.05, 0.1) is 6.20 Å². The van der Waals surface area contributed by atoms with Gasteiger partial charge >= 0.3 is 0 Å². The van der Waals surface area contributed by atoms with Gasteiger partial charge in [-0.2, -0.15) is 0 Å². The van der Waals surface area contributed by atoms with Gasteiger partial charge in [0.25, 0.3) is 0 Å². The van der Waals surface area contributed by atoms with Crippen LogP contribution in [0.5, 0.6) is 5.75 Å². The molecule has 0 amide bonds. The normalized spacial score (nSPS) is 19.4. The third-order valence-corrected chi connectivity index (χ3v) is 4.21. The summed E-state index contributed by atoms with van der Waals surface area (Å²) in [5, 5.41) is 5.77. The number of fused-ring (bicyclic) bond motifs is 1. The Balaban J connectivity index is 1.64. The van der Waals surface area contributed by atoms with Gasteiger partial charge in [-0.25, -0.2) is 4.98 Å². The monoisotopic (exact) mass is 294 g/mol. The summed E-state index contributed by atoms with van der Waals surface area (Å²) < 4.78 is 11.8. The standard InChI is InChI=1S/C18H18N2O2/c1-2-4-14-11-16(6-5-13(14)3-1)22-17(15-7-8-19-12-15)18-20-9-10-21-18/h1-6,9-11,15,17,19H,7-8,12H2/t15-,17+/m1/s1. The van der Waals surface area contributed by atoms with Gasteiger partial charge in [0.2, 0.25) is 5.89 Å². The molecule has 1 fully saturated rings. The summed E-state index contributed by atoms with van der Waals surface area (Å²) in [6, 6.07) is 14.5. The average molecular weight is 294 g/mol. The molecule has 22 heavy (non-hydrogen) atoms. The van der Waals surface area contributed by atoms with Crippen LogP contribution >= 0.6 is 0 Å². The van der Waals surface area contributed by atoms with Gasteiger partial charge in [-0.3, -0.25) is 0 Å². The molecular weight excluding hydrogens is 276 g/mol. The Morgan fingerprint density at radius 1 is 1.18 bits per heavy atom. The Kier molecular flexibility index (Phi) is 3.52. The summed E-state index contributed by atoms with van der Waals surface area (Å²) >= 11 is 0. The number of benzene rings is 2. The minimum absolute atomic E-state index is 0.147. The molecule has 0 radical (unpaired) electrons. The summed E-state index contributed by atoms with van der Waals surface area (Å²) in [7, 11) is 0. The molecule has 0 bridgehead atoms. The maximum atomic E-state index is 6.25. The van der Waals surface area contributed by atoms with Crippen LogP contribution < -0.4 is 10.1 Å². The lowest BCUT2D eigenvalue weighted by Crippen LogP contribution is -2.21. The molecule has 0 aliphatic carbocycles. The van der Waals surface area contributed by atoms with Crippen molar-refractivity contribution in [2.45, 2.75) is 12.5 Å². The van der Waals surface area contributed by atoms with Crippen LogP contribution in [-0.4, -0.2) is 18.1 Å². The molecule has 4 rings (SSSR count). The Labute approximate surface area is 129 Å². The average Bonchev–Trinajstić information content (AvgIpc) is 3.26. The van der Waals surface area contributed by atoms with Gasteiger partial charge in [-0.1, -0.05) is 30.3 Å². The van der Waals surface area contributed by atoms with E-state index in [1.165, 1.54) is 10.8 Å². The third-order valence-electron chi connectivity index (χ3n) is 4.21. The fraction of sp³-hybridized carbons (Fsp3) is 0.278. The Morgan fingerprint density at radius 2 is 2.09 bits per heavy atom. The van der Waals surface area contributed by atoms with E-state index in [1.807, 2.05) is 18.2 Å². The first-order valence-corrected chi connectivity index (χ1v) is 7.66. The lowest BCUT2D eigenvalue weighted by molar-refractivity contribution is 0.114. The van der Waals surface area contributed by atoms with Crippen molar-refractivity contribution in [3.63, 3.8) is 0 Å². The molecular formula is C18H18N2O2. The molecule has 1 aliphatic rings. The van der Waals surface area contributed by atoms with Crippen LogP contribution in [0, 0.1) is 5.92 Å². The molecule has 0 spiro atoms. The summed E-state index contributed by atoms with van der Waals surface area (Å²) in [5.41, 5.74) is 0. The highest BCUT2D eigenvalue weighted by Crippen LogP contribution is 2.32. The molecule has 4 heteroatoms. The number of hydrogen-bond donors (Lipinski definition) is 1. The molecule has 2 atom stereocenters. The molecule has 4 nitrogen and oxygen atoms in total. The lowest BCUT2D eigenvalue weighted by Gasteiger charge is -2.21. The number of rotatable bonds is 4. The maximum absolute atomic E-state index is 6.25. The van der Waals surface area contributed by atoms with Crippen molar-refractivity contribution in [3.05, 3.63) is 60.8 Å². The van der Waals surface area contributed by atoms with Gasteiger partial charge in [0, 0.05) is 12.5 Å². The fourth-order valence-corrected chi connectivity index (χ4v) is 3.05. The van der Waals surface area contributed by atoms with E-state index in [9.17, 15) is 0 Å². The van der Waals surface area contributed by atoms with Crippen molar-refractivity contribution < 1.29 is 9.15 Å². The highest BCUT2D eigenvalue weighted by molar-refractivity contribution is 5.83. The molecule has 1 aliphatic heterocycles. The highest BCUT2D eigenvalue weighted by atomic mass is 16.5. The number of hydrogen-bond acceptors (Lipinski definition) is 4. The second-order valence-corrected chi connectivity index (χ2v) is 5.67. The van der Waals surface area contributed by atoms with Gasteiger partial charge in [0.1, 0.15) is 12.0 Å². The molecule has 1 aromatic heterocycles. The predicted octanol–water partition coefficient (Wildman–Crippen LogP) is 3.56. The van der Waals surface area contributed by atoms with Crippen molar-refractivity contribution >= 4 is 10.8 Å². The molecule has 0 unspecified atom stereocenters. The van der Waals surface area contributed by atoms with Gasteiger partial charge in [-0.15, -0.1) is 0 Å². The van der Waals surface area contributed by atoms with Gasteiger partial charge < -0.3 is 14.5 Å². The lowest BCUT2D eigenvalue weighted by atomic mass is 10.0. The summed E-state index contributed by atoms with van der Waals surface area (Å²) in [6.45, 7) is 1.95. The number of nitrogens with one attached hydrogen (secondary N) is 1.